The summed E-state index contributed by atoms with van der Waals surface area (Å²) in [5.74, 6) is -3.87. The Hall–Kier alpha value is -1.39. The molecule has 1 aliphatic heterocycles. The van der Waals surface area contributed by atoms with Crippen LogP contribution in [0.25, 0.3) is 0 Å². The first-order valence-corrected chi connectivity index (χ1v) is 9.70. The van der Waals surface area contributed by atoms with Crippen molar-refractivity contribution < 1.29 is 32.2 Å². The quantitative estimate of drug-likeness (QED) is 0.658. The molecule has 9 nitrogen and oxygen atoms in total. The molecule has 1 aliphatic rings. The average Bonchev–Trinajstić information content (AvgIpc) is 2.75. The molecule has 0 radical (unpaired) electrons. The van der Waals surface area contributed by atoms with Gasteiger partial charge in [0.25, 0.3) is 5.56 Å². The molecule has 3 atom stereocenters. The maximum Gasteiger partial charge on any atom is 0.333 e. The van der Waals surface area contributed by atoms with Crippen molar-refractivity contribution in [3.05, 3.63) is 32.6 Å². The fourth-order valence-electron chi connectivity index (χ4n) is 2.64. The van der Waals surface area contributed by atoms with Crippen LogP contribution in [0.15, 0.2) is 15.8 Å². The summed E-state index contributed by atoms with van der Waals surface area (Å²) in [6.45, 7) is 4.46. The number of aromatic amines is 1. The zero-order valence-electron chi connectivity index (χ0n) is 14.5. The molecule has 1 fully saturated rings. The molecule has 0 saturated carbocycles. The molecule has 26 heavy (non-hydrogen) atoms. The first kappa shape index (κ1) is 20.9. The van der Waals surface area contributed by atoms with Crippen molar-refractivity contribution in [2.24, 2.45) is 0 Å². The van der Waals surface area contributed by atoms with E-state index < -0.39 is 49.4 Å². The number of alkyl halides is 2. The Balaban J connectivity index is 2.36. The van der Waals surface area contributed by atoms with Crippen LogP contribution >= 0.6 is 7.60 Å². The van der Waals surface area contributed by atoms with Crippen LogP contribution in [0.4, 0.5) is 8.78 Å². The molecule has 0 aromatic carbocycles. The third kappa shape index (κ3) is 3.96. The van der Waals surface area contributed by atoms with Gasteiger partial charge < -0.3 is 18.9 Å². The number of ether oxygens (including phenoxy) is 1. The van der Waals surface area contributed by atoms with Gasteiger partial charge in [-0.3, -0.25) is 18.9 Å². The van der Waals surface area contributed by atoms with E-state index in [0.29, 0.717) is 4.57 Å². The van der Waals surface area contributed by atoms with E-state index in [9.17, 15) is 28.0 Å². The molecule has 2 N–H and O–H groups in total. The standard InChI is InChI=1S/C14H21F2N2O7P/c1-4-23-26(22,24-5-2)7-9-10(19)14(15,16)12(25-9)18-6-8(3)11(20)17-13(18)21/h6,9-10,12,19H,4-5,7H2,1-3H3,(H,17,20,21)/t9-,10-,12-/m1/s1. The summed E-state index contributed by atoms with van der Waals surface area (Å²) < 4.78 is 57.2. The van der Waals surface area contributed by atoms with Gasteiger partial charge >= 0.3 is 19.2 Å². The highest BCUT2D eigenvalue weighted by Gasteiger charge is 2.61. The minimum Gasteiger partial charge on any atom is -0.384 e. The van der Waals surface area contributed by atoms with Crippen LogP contribution in [0.3, 0.4) is 0 Å². The Morgan fingerprint density at radius 1 is 1.35 bits per heavy atom. The average molecular weight is 398 g/mol. The molecule has 2 heterocycles. The summed E-state index contributed by atoms with van der Waals surface area (Å²) >= 11 is 0. The largest absolute Gasteiger partial charge is 0.384 e. The highest BCUT2D eigenvalue weighted by molar-refractivity contribution is 7.53. The third-order valence-corrected chi connectivity index (χ3v) is 5.94. The summed E-state index contributed by atoms with van der Waals surface area (Å²) in [6, 6.07) is 0. The van der Waals surface area contributed by atoms with Gasteiger partial charge in [0.1, 0.15) is 12.2 Å². The number of aliphatic hydroxyl groups is 1. The van der Waals surface area contributed by atoms with Crippen molar-refractivity contribution in [2.45, 2.75) is 45.1 Å². The number of hydrogen-bond donors (Lipinski definition) is 2. The molecule has 0 bridgehead atoms. The highest BCUT2D eigenvalue weighted by atomic mass is 31.2. The lowest BCUT2D eigenvalue weighted by atomic mass is 10.1. The molecule has 0 spiro atoms. The van der Waals surface area contributed by atoms with Crippen molar-refractivity contribution in [2.75, 3.05) is 19.4 Å². The van der Waals surface area contributed by atoms with Gasteiger partial charge in [0, 0.05) is 11.8 Å². The number of aromatic nitrogens is 2. The molecule has 0 amide bonds. The SMILES string of the molecule is CCOP(=O)(C[C@H]1O[C@@H](n2cc(C)c(=O)[nH]c2=O)C(F)(F)[C@@H]1O)OCC. The predicted molar refractivity (Wildman–Crippen MR) is 86.6 cm³/mol. The summed E-state index contributed by atoms with van der Waals surface area (Å²) in [6.07, 6.45) is -5.82. The second kappa shape index (κ2) is 7.69. The zero-order valence-corrected chi connectivity index (χ0v) is 15.4. The molecular formula is C14H21F2N2O7P. The third-order valence-electron chi connectivity index (χ3n) is 3.83. The predicted octanol–water partition coefficient (Wildman–Crippen LogP) is 1.00. The van der Waals surface area contributed by atoms with E-state index in [-0.39, 0.29) is 18.8 Å². The van der Waals surface area contributed by atoms with E-state index in [2.05, 4.69) is 0 Å². The molecule has 12 heteroatoms. The van der Waals surface area contributed by atoms with E-state index in [1.165, 1.54) is 6.92 Å². The monoisotopic (exact) mass is 398 g/mol. The lowest BCUT2D eigenvalue weighted by Gasteiger charge is -2.22. The summed E-state index contributed by atoms with van der Waals surface area (Å²) in [5, 5.41) is 9.97. The van der Waals surface area contributed by atoms with Crippen molar-refractivity contribution in [1.82, 2.24) is 9.55 Å². The number of rotatable bonds is 7. The molecular weight excluding hydrogens is 377 g/mol. The summed E-state index contributed by atoms with van der Waals surface area (Å²) in [4.78, 5) is 25.2. The van der Waals surface area contributed by atoms with Gasteiger partial charge in [-0.25, -0.2) is 4.79 Å². The summed E-state index contributed by atoms with van der Waals surface area (Å²) in [7, 11) is -3.77. The van der Waals surface area contributed by atoms with Crippen LogP contribution in [0, 0.1) is 6.92 Å². The van der Waals surface area contributed by atoms with Gasteiger partial charge in [-0.05, 0) is 20.8 Å². The van der Waals surface area contributed by atoms with Crippen LogP contribution in [-0.4, -0.2) is 52.2 Å². The number of nitrogens with one attached hydrogen (secondary N) is 1. The van der Waals surface area contributed by atoms with E-state index in [1.54, 1.807) is 13.8 Å². The molecule has 148 valence electrons. The van der Waals surface area contributed by atoms with E-state index in [0.717, 1.165) is 6.20 Å². The van der Waals surface area contributed by atoms with Crippen molar-refractivity contribution >= 4 is 7.60 Å². The minimum atomic E-state index is -3.87. The van der Waals surface area contributed by atoms with Gasteiger partial charge in [0.2, 0.25) is 6.23 Å². The Kier molecular flexibility index (Phi) is 6.19. The molecule has 1 aromatic rings. The zero-order chi connectivity index (χ0) is 19.7. The fraction of sp³-hybridized carbons (Fsp3) is 0.714. The van der Waals surface area contributed by atoms with Gasteiger partial charge in [-0.15, -0.1) is 0 Å². The lowest BCUT2D eigenvalue weighted by molar-refractivity contribution is -0.140. The second-order valence-corrected chi connectivity index (χ2v) is 7.86. The molecule has 0 aliphatic carbocycles. The Bertz CT molecular complexity index is 799. The van der Waals surface area contributed by atoms with Crippen LogP contribution in [0.1, 0.15) is 25.6 Å². The number of halogens is 2. The second-order valence-electron chi connectivity index (χ2n) is 5.75. The van der Waals surface area contributed by atoms with Crippen LogP contribution in [0.5, 0.6) is 0 Å². The highest BCUT2D eigenvalue weighted by Crippen LogP contribution is 2.53. The fourth-order valence-corrected chi connectivity index (χ4v) is 4.43. The normalized spacial score (nSPS) is 25.5. The molecule has 1 saturated heterocycles. The maximum atomic E-state index is 14.5. The van der Waals surface area contributed by atoms with Gasteiger partial charge in [-0.2, -0.15) is 8.78 Å². The number of H-pyrrole nitrogens is 1. The van der Waals surface area contributed by atoms with Gasteiger partial charge in [0.15, 0.2) is 0 Å². The topological polar surface area (TPSA) is 120 Å². The number of aliphatic hydroxyl groups excluding tert-OH is 1. The van der Waals surface area contributed by atoms with Gasteiger partial charge in [-0.1, -0.05) is 0 Å². The Labute approximate surface area is 147 Å². The molecule has 2 rings (SSSR count). The van der Waals surface area contributed by atoms with Crippen LogP contribution in [-0.2, 0) is 18.3 Å². The van der Waals surface area contributed by atoms with Gasteiger partial charge in [0.05, 0.1) is 19.4 Å². The number of hydrogen-bond acceptors (Lipinski definition) is 7. The Morgan fingerprint density at radius 2 is 1.92 bits per heavy atom. The van der Waals surface area contributed by atoms with Crippen molar-refractivity contribution in [3.8, 4) is 0 Å². The van der Waals surface area contributed by atoms with Crippen LogP contribution < -0.4 is 11.2 Å². The first-order valence-electron chi connectivity index (χ1n) is 7.97. The summed E-state index contributed by atoms with van der Waals surface area (Å²) in [5.41, 5.74) is -1.82. The minimum absolute atomic E-state index is 0.0104. The Morgan fingerprint density at radius 3 is 2.46 bits per heavy atom. The lowest BCUT2D eigenvalue weighted by Crippen LogP contribution is -2.43. The van der Waals surface area contributed by atoms with Crippen molar-refractivity contribution in [3.63, 3.8) is 0 Å². The molecule has 0 unspecified atom stereocenters. The number of nitrogens with zero attached hydrogens (tertiary/aromatic N) is 1. The van der Waals surface area contributed by atoms with E-state index >= 15 is 0 Å². The molecule has 1 aromatic heterocycles. The smallest absolute Gasteiger partial charge is 0.333 e. The van der Waals surface area contributed by atoms with Crippen LogP contribution in [0.2, 0.25) is 0 Å². The number of aryl methyl sites for hydroxylation is 1. The first-order chi connectivity index (χ1) is 12.1. The maximum absolute atomic E-state index is 14.5. The van der Waals surface area contributed by atoms with Crippen molar-refractivity contribution in [1.29, 1.82) is 0 Å². The van der Waals surface area contributed by atoms with E-state index in [1.807, 2.05) is 4.98 Å². The van der Waals surface area contributed by atoms with E-state index in [4.69, 9.17) is 13.8 Å².